The molecule has 0 radical (unpaired) electrons. The van der Waals surface area contributed by atoms with Gasteiger partial charge >= 0.3 is 5.97 Å². The average Bonchev–Trinajstić information content (AvgIpc) is 2.94. The fraction of sp³-hybridized carbons (Fsp3) is 0.600. The highest BCUT2D eigenvalue weighted by atomic mass is 32.2. The molecule has 0 bridgehead atoms. The van der Waals surface area contributed by atoms with Gasteiger partial charge in [0.1, 0.15) is 5.56 Å². The van der Waals surface area contributed by atoms with Crippen LogP contribution in [0.4, 0.5) is 0 Å². The van der Waals surface area contributed by atoms with Gasteiger partial charge < -0.3 is 10.2 Å². The predicted octanol–water partition coefficient (Wildman–Crippen LogP) is -0.438. The number of aryl methyl sites for hydroxylation is 1. The monoisotopic (exact) mass is 289 g/mol. The van der Waals surface area contributed by atoms with Crippen LogP contribution in [0.15, 0.2) is 5.03 Å². The Hall–Kier alpha value is -1.45. The van der Waals surface area contributed by atoms with E-state index in [1.165, 1.54) is 6.92 Å². The molecular weight excluding hydrogens is 274 g/mol. The SMILES string of the molecule is Cc1[nH]nc(S(=O)(=O)N2CCCC2CO)c1C(=O)O. The zero-order chi connectivity index (χ0) is 14.2. The lowest BCUT2D eigenvalue weighted by molar-refractivity contribution is 0.0691. The third kappa shape index (κ3) is 2.24. The molecule has 0 amide bonds. The van der Waals surface area contributed by atoms with E-state index >= 15 is 0 Å². The van der Waals surface area contributed by atoms with Crippen molar-refractivity contribution in [2.45, 2.75) is 30.8 Å². The minimum atomic E-state index is -4.00. The summed E-state index contributed by atoms with van der Waals surface area (Å²) in [6, 6.07) is -0.511. The number of aromatic amines is 1. The van der Waals surface area contributed by atoms with Gasteiger partial charge in [-0.3, -0.25) is 5.10 Å². The number of H-pyrrole nitrogens is 1. The molecule has 0 spiro atoms. The van der Waals surface area contributed by atoms with Crippen molar-refractivity contribution in [2.24, 2.45) is 0 Å². The summed E-state index contributed by atoms with van der Waals surface area (Å²) in [5, 5.41) is 23.8. The maximum absolute atomic E-state index is 12.4. The average molecular weight is 289 g/mol. The molecule has 2 heterocycles. The maximum Gasteiger partial charge on any atom is 0.340 e. The molecule has 1 aromatic heterocycles. The molecule has 1 atom stereocenters. The van der Waals surface area contributed by atoms with Gasteiger partial charge in [0.05, 0.1) is 6.61 Å². The molecule has 0 saturated carbocycles. The van der Waals surface area contributed by atoms with E-state index in [0.29, 0.717) is 12.8 Å². The van der Waals surface area contributed by atoms with Crippen LogP contribution in [-0.4, -0.2) is 58.3 Å². The number of aromatic carboxylic acids is 1. The van der Waals surface area contributed by atoms with Gasteiger partial charge in [0.25, 0.3) is 10.0 Å². The molecule has 19 heavy (non-hydrogen) atoms. The van der Waals surface area contributed by atoms with Gasteiger partial charge in [-0.05, 0) is 19.8 Å². The van der Waals surface area contributed by atoms with Crippen molar-refractivity contribution < 1.29 is 23.4 Å². The van der Waals surface area contributed by atoms with Crippen LogP contribution < -0.4 is 0 Å². The van der Waals surface area contributed by atoms with E-state index in [2.05, 4.69) is 10.2 Å². The molecular formula is C10H15N3O5S. The quantitative estimate of drug-likeness (QED) is 0.690. The highest BCUT2D eigenvalue weighted by molar-refractivity contribution is 7.89. The highest BCUT2D eigenvalue weighted by Gasteiger charge is 2.39. The van der Waals surface area contributed by atoms with Crippen LogP contribution in [0.2, 0.25) is 0 Å². The van der Waals surface area contributed by atoms with E-state index in [1.807, 2.05) is 0 Å². The smallest absolute Gasteiger partial charge is 0.340 e. The summed E-state index contributed by atoms with van der Waals surface area (Å²) in [6.45, 7) is 1.42. The molecule has 1 fully saturated rings. The van der Waals surface area contributed by atoms with Crippen molar-refractivity contribution in [3.8, 4) is 0 Å². The molecule has 1 aromatic rings. The van der Waals surface area contributed by atoms with Crippen molar-refractivity contribution in [2.75, 3.05) is 13.2 Å². The predicted molar refractivity (Wildman–Crippen MR) is 64.3 cm³/mol. The number of carboxylic acids is 1. The topological polar surface area (TPSA) is 124 Å². The molecule has 1 aliphatic heterocycles. The number of hydrogen-bond acceptors (Lipinski definition) is 5. The number of rotatable bonds is 4. The lowest BCUT2D eigenvalue weighted by Crippen LogP contribution is -2.38. The van der Waals surface area contributed by atoms with Crippen molar-refractivity contribution in [3.63, 3.8) is 0 Å². The molecule has 0 aromatic carbocycles. The number of nitrogens with one attached hydrogen (secondary N) is 1. The number of carboxylic acid groups (broad SMARTS) is 1. The van der Waals surface area contributed by atoms with Crippen LogP contribution in [0.25, 0.3) is 0 Å². The van der Waals surface area contributed by atoms with Gasteiger partial charge in [0.15, 0.2) is 0 Å². The van der Waals surface area contributed by atoms with E-state index in [4.69, 9.17) is 5.11 Å². The Kier molecular flexibility index (Phi) is 3.61. The Morgan fingerprint density at radius 2 is 2.26 bits per heavy atom. The van der Waals surface area contributed by atoms with E-state index < -0.39 is 27.1 Å². The molecule has 106 valence electrons. The highest BCUT2D eigenvalue weighted by Crippen LogP contribution is 2.27. The van der Waals surface area contributed by atoms with Crippen molar-refractivity contribution >= 4 is 16.0 Å². The van der Waals surface area contributed by atoms with E-state index in [0.717, 1.165) is 4.31 Å². The first-order chi connectivity index (χ1) is 8.89. The summed E-state index contributed by atoms with van der Waals surface area (Å²) in [5.41, 5.74) is -0.158. The Morgan fingerprint density at radius 1 is 1.58 bits per heavy atom. The molecule has 1 aliphatic rings. The van der Waals surface area contributed by atoms with Crippen molar-refractivity contribution in [3.05, 3.63) is 11.3 Å². The van der Waals surface area contributed by atoms with Gasteiger partial charge in [0.2, 0.25) is 5.03 Å². The van der Waals surface area contributed by atoms with Crippen molar-refractivity contribution in [1.82, 2.24) is 14.5 Å². The summed E-state index contributed by atoms with van der Waals surface area (Å²) in [5.74, 6) is -1.34. The van der Waals surface area contributed by atoms with Gasteiger partial charge in [-0.25, -0.2) is 13.2 Å². The molecule has 8 nitrogen and oxygen atoms in total. The molecule has 1 unspecified atom stereocenters. The summed E-state index contributed by atoms with van der Waals surface area (Å²) in [4.78, 5) is 11.1. The number of hydrogen-bond donors (Lipinski definition) is 3. The number of nitrogens with zero attached hydrogens (tertiary/aromatic N) is 2. The largest absolute Gasteiger partial charge is 0.478 e. The first-order valence-corrected chi connectivity index (χ1v) is 7.24. The summed E-state index contributed by atoms with van der Waals surface area (Å²) in [6.07, 6.45) is 1.19. The Bertz CT molecular complexity index is 594. The molecule has 9 heteroatoms. The Balaban J connectivity index is 2.48. The third-order valence-corrected chi connectivity index (χ3v) is 5.10. The van der Waals surface area contributed by atoms with Crippen LogP contribution >= 0.6 is 0 Å². The van der Waals surface area contributed by atoms with E-state index in [9.17, 15) is 18.3 Å². The van der Waals surface area contributed by atoms with Crippen LogP contribution in [0.1, 0.15) is 28.9 Å². The molecule has 3 N–H and O–H groups in total. The summed E-state index contributed by atoms with van der Waals surface area (Å²) in [7, 11) is -4.00. The van der Waals surface area contributed by atoms with Crippen LogP contribution in [0.3, 0.4) is 0 Å². The minimum absolute atomic E-state index is 0.186. The zero-order valence-electron chi connectivity index (χ0n) is 10.3. The number of aromatic nitrogens is 2. The number of carbonyl (C=O) groups is 1. The standard InChI is InChI=1S/C10H15N3O5S/c1-6-8(10(15)16)9(12-11-6)19(17,18)13-4-2-3-7(13)5-14/h7,14H,2-5H2,1H3,(H,11,12)(H,15,16). The third-order valence-electron chi connectivity index (χ3n) is 3.21. The van der Waals surface area contributed by atoms with Crippen LogP contribution in [0, 0.1) is 6.92 Å². The number of sulfonamides is 1. The van der Waals surface area contributed by atoms with Gasteiger partial charge in [-0.2, -0.15) is 9.40 Å². The van der Waals surface area contributed by atoms with Crippen LogP contribution in [0.5, 0.6) is 0 Å². The molecule has 0 aliphatic carbocycles. The lowest BCUT2D eigenvalue weighted by atomic mass is 10.2. The van der Waals surface area contributed by atoms with Crippen LogP contribution in [-0.2, 0) is 10.0 Å². The first-order valence-electron chi connectivity index (χ1n) is 5.80. The summed E-state index contributed by atoms with van der Waals surface area (Å²) < 4.78 is 25.9. The first kappa shape index (κ1) is 14.0. The zero-order valence-corrected chi connectivity index (χ0v) is 11.1. The lowest BCUT2D eigenvalue weighted by Gasteiger charge is -2.21. The second-order valence-electron chi connectivity index (χ2n) is 4.43. The summed E-state index contributed by atoms with van der Waals surface area (Å²) >= 11 is 0. The molecule has 1 saturated heterocycles. The van der Waals surface area contributed by atoms with Crippen molar-refractivity contribution in [1.29, 1.82) is 0 Å². The normalized spacial score (nSPS) is 20.8. The second kappa shape index (κ2) is 4.91. The number of aliphatic hydroxyl groups is 1. The number of aliphatic hydroxyl groups excluding tert-OH is 1. The molecule has 2 rings (SSSR count). The fourth-order valence-electron chi connectivity index (χ4n) is 2.26. The van der Waals surface area contributed by atoms with E-state index in [1.54, 1.807) is 0 Å². The fourth-order valence-corrected chi connectivity index (χ4v) is 4.08. The van der Waals surface area contributed by atoms with Gasteiger partial charge in [0, 0.05) is 18.3 Å². The van der Waals surface area contributed by atoms with Gasteiger partial charge in [-0.15, -0.1) is 0 Å². The maximum atomic E-state index is 12.4. The van der Waals surface area contributed by atoms with Gasteiger partial charge in [-0.1, -0.05) is 0 Å². The minimum Gasteiger partial charge on any atom is -0.478 e. The Morgan fingerprint density at radius 3 is 2.84 bits per heavy atom. The van der Waals surface area contributed by atoms with E-state index in [-0.39, 0.29) is 24.4 Å². The Labute approximate surface area is 110 Å². The second-order valence-corrected chi connectivity index (χ2v) is 6.23.